The lowest BCUT2D eigenvalue weighted by Crippen LogP contribution is -2.43. The molecule has 11 heteroatoms. The van der Waals surface area contributed by atoms with Gasteiger partial charge in [0.25, 0.3) is 0 Å². The van der Waals surface area contributed by atoms with Crippen molar-refractivity contribution in [3.8, 4) is 0 Å². The van der Waals surface area contributed by atoms with Gasteiger partial charge in [0.05, 0.1) is 11.7 Å². The van der Waals surface area contributed by atoms with Gasteiger partial charge in [-0.2, -0.15) is 0 Å². The number of allylic oxidation sites excluding steroid dienone is 2. The lowest BCUT2D eigenvalue weighted by Gasteiger charge is -2.33. The average molecular weight is 579 g/mol. The SMILES string of the molecule is CC(C)(C)OC(=O)N1CCC(CNC2=CCCC=C3C(=N2)NNC3c2ccnc(NCc3cccc(Cl)c3)n2)CC1. The number of amides is 1. The number of hydrogen-bond acceptors (Lipinski definition) is 9. The molecule has 3 aliphatic rings. The van der Waals surface area contributed by atoms with Crippen LogP contribution in [0.15, 0.2) is 65.1 Å². The number of fused-ring (bicyclic) bond motifs is 1. The van der Waals surface area contributed by atoms with Crippen LogP contribution in [0.3, 0.4) is 0 Å². The van der Waals surface area contributed by atoms with E-state index in [1.54, 1.807) is 6.20 Å². The molecular weight excluding hydrogens is 540 g/mol. The Labute approximate surface area is 246 Å². The second-order valence-corrected chi connectivity index (χ2v) is 12.0. The molecule has 0 spiro atoms. The van der Waals surface area contributed by atoms with Crippen molar-refractivity contribution in [3.05, 3.63) is 76.4 Å². The highest BCUT2D eigenvalue weighted by Gasteiger charge is 2.30. The molecule has 0 saturated carbocycles. The summed E-state index contributed by atoms with van der Waals surface area (Å²) in [5.41, 5.74) is 9.12. The van der Waals surface area contributed by atoms with Gasteiger partial charge in [-0.25, -0.2) is 25.2 Å². The molecule has 0 bridgehead atoms. The van der Waals surface area contributed by atoms with Gasteiger partial charge in [-0.05, 0) is 82.2 Å². The number of ether oxygens (including phenoxy) is 1. The van der Waals surface area contributed by atoms with Gasteiger partial charge in [0.15, 0.2) is 0 Å². The molecule has 10 nitrogen and oxygen atoms in total. The third-order valence-electron chi connectivity index (χ3n) is 7.17. The summed E-state index contributed by atoms with van der Waals surface area (Å²) in [4.78, 5) is 28.3. The summed E-state index contributed by atoms with van der Waals surface area (Å²) in [5, 5.41) is 7.55. The van der Waals surface area contributed by atoms with Crippen LogP contribution in [-0.4, -0.2) is 52.0 Å². The van der Waals surface area contributed by atoms with E-state index < -0.39 is 5.60 Å². The maximum Gasteiger partial charge on any atom is 0.410 e. The fourth-order valence-corrected chi connectivity index (χ4v) is 5.26. The number of rotatable bonds is 7. The Balaban J connectivity index is 1.16. The van der Waals surface area contributed by atoms with Crippen LogP contribution >= 0.6 is 11.6 Å². The first kappa shape index (κ1) is 28.9. The zero-order valence-electron chi connectivity index (χ0n) is 23.9. The molecule has 1 atom stereocenters. The normalized spacial score (nSPS) is 19.6. The molecule has 4 heterocycles. The van der Waals surface area contributed by atoms with Crippen LogP contribution in [0.5, 0.6) is 0 Å². The third kappa shape index (κ3) is 7.98. The third-order valence-corrected chi connectivity index (χ3v) is 7.41. The summed E-state index contributed by atoms with van der Waals surface area (Å²) < 4.78 is 5.53. The number of hydrazine groups is 1. The molecule has 2 fully saturated rings. The summed E-state index contributed by atoms with van der Waals surface area (Å²) in [6, 6.07) is 9.51. The van der Waals surface area contributed by atoms with Gasteiger partial charge >= 0.3 is 6.09 Å². The van der Waals surface area contributed by atoms with Crippen molar-refractivity contribution in [3.63, 3.8) is 0 Å². The molecule has 1 amide bonds. The number of carbonyl (C=O) groups is 1. The van der Waals surface area contributed by atoms with E-state index in [4.69, 9.17) is 26.3 Å². The van der Waals surface area contributed by atoms with Crippen LogP contribution < -0.4 is 21.5 Å². The molecule has 3 aliphatic heterocycles. The Bertz CT molecular complexity index is 1330. The van der Waals surface area contributed by atoms with Gasteiger partial charge < -0.3 is 25.7 Å². The van der Waals surface area contributed by atoms with Crippen molar-refractivity contribution < 1.29 is 9.53 Å². The van der Waals surface area contributed by atoms with Crippen molar-refractivity contribution >= 4 is 29.5 Å². The highest BCUT2D eigenvalue weighted by Crippen LogP contribution is 2.27. The van der Waals surface area contributed by atoms with Gasteiger partial charge in [0.1, 0.15) is 17.3 Å². The Kier molecular flexibility index (Phi) is 9.09. The summed E-state index contributed by atoms with van der Waals surface area (Å²) in [6.45, 7) is 8.51. The number of likely N-dealkylation sites (tertiary alicyclic amines) is 1. The van der Waals surface area contributed by atoms with Gasteiger partial charge in [0.2, 0.25) is 5.95 Å². The van der Waals surface area contributed by atoms with E-state index in [0.29, 0.717) is 36.5 Å². The predicted octanol–water partition coefficient (Wildman–Crippen LogP) is 5.09. The summed E-state index contributed by atoms with van der Waals surface area (Å²) in [7, 11) is 0. The minimum absolute atomic E-state index is 0.139. The highest BCUT2D eigenvalue weighted by molar-refractivity contribution is 6.30. The van der Waals surface area contributed by atoms with Crippen LogP contribution in [0.2, 0.25) is 5.02 Å². The number of amidine groups is 1. The fraction of sp³-hybridized carbons (Fsp3) is 0.467. The molecule has 41 heavy (non-hydrogen) atoms. The topological polar surface area (TPSA) is 116 Å². The Hall–Kier alpha value is -3.63. The minimum Gasteiger partial charge on any atom is -0.444 e. The standard InChI is InChI=1S/C30H39ClN8O2/c1-30(2,3)41-29(40)39-15-12-20(13-16-39)18-33-25-10-5-4-9-23-26(37-38-27(23)36-25)24-11-14-32-28(35-24)34-19-21-7-6-8-22(31)17-21/h6-11,14,17,20,26,33,37H,4-5,12-13,15-16,18-19H2,1-3H3,(H,36,38)(H,32,34,35). The van der Waals surface area contributed by atoms with Crippen LogP contribution in [0, 0.1) is 5.92 Å². The van der Waals surface area contributed by atoms with E-state index in [1.165, 1.54) is 0 Å². The minimum atomic E-state index is -0.473. The second-order valence-electron chi connectivity index (χ2n) is 11.6. The number of benzene rings is 1. The zero-order chi connectivity index (χ0) is 28.8. The maximum atomic E-state index is 12.4. The van der Waals surface area contributed by atoms with Gasteiger partial charge in [-0.1, -0.05) is 29.8 Å². The smallest absolute Gasteiger partial charge is 0.410 e. The first-order chi connectivity index (χ1) is 19.7. The second kappa shape index (κ2) is 12.9. The number of aromatic nitrogens is 2. The van der Waals surface area contributed by atoms with Crippen LogP contribution in [0.1, 0.15) is 63.8 Å². The molecule has 4 N–H and O–H groups in total. The van der Waals surface area contributed by atoms with E-state index in [2.05, 4.69) is 38.6 Å². The van der Waals surface area contributed by atoms with E-state index in [0.717, 1.165) is 60.7 Å². The van der Waals surface area contributed by atoms with Crippen LogP contribution in [0.25, 0.3) is 0 Å². The number of aliphatic imine (C=N–C) groups is 1. The average Bonchev–Trinajstić information content (AvgIpc) is 3.32. The van der Waals surface area contributed by atoms with E-state index in [-0.39, 0.29) is 12.1 Å². The Morgan fingerprint density at radius 3 is 2.73 bits per heavy atom. The predicted molar refractivity (Wildman–Crippen MR) is 161 cm³/mol. The van der Waals surface area contributed by atoms with Crippen molar-refractivity contribution in [1.82, 2.24) is 31.0 Å². The summed E-state index contributed by atoms with van der Waals surface area (Å²) >= 11 is 6.11. The van der Waals surface area contributed by atoms with Crippen molar-refractivity contribution in [2.75, 3.05) is 25.0 Å². The molecule has 0 radical (unpaired) electrons. The summed E-state index contributed by atoms with van der Waals surface area (Å²) in [5.74, 6) is 2.68. The Morgan fingerprint density at radius 2 is 1.95 bits per heavy atom. The van der Waals surface area contributed by atoms with Crippen LogP contribution in [0.4, 0.5) is 10.7 Å². The fourth-order valence-electron chi connectivity index (χ4n) is 5.05. The zero-order valence-corrected chi connectivity index (χ0v) is 24.7. The number of halogens is 1. The van der Waals surface area contributed by atoms with Gasteiger partial charge in [-0.3, -0.25) is 0 Å². The molecule has 1 aromatic heterocycles. The number of piperidine rings is 1. The highest BCUT2D eigenvalue weighted by atomic mass is 35.5. The molecule has 0 aliphatic carbocycles. The van der Waals surface area contributed by atoms with Crippen LogP contribution in [-0.2, 0) is 11.3 Å². The van der Waals surface area contributed by atoms with E-state index in [1.807, 2.05) is 56.0 Å². The molecule has 5 rings (SSSR count). The largest absolute Gasteiger partial charge is 0.444 e. The monoisotopic (exact) mass is 578 g/mol. The van der Waals surface area contributed by atoms with Crippen molar-refractivity contribution in [2.24, 2.45) is 10.9 Å². The van der Waals surface area contributed by atoms with Gasteiger partial charge in [-0.15, -0.1) is 0 Å². The van der Waals surface area contributed by atoms with Gasteiger partial charge in [0, 0.05) is 43.0 Å². The quantitative estimate of drug-likeness (QED) is 0.359. The number of nitrogens with one attached hydrogen (secondary N) is 4. The number of anilines is 1. The molecule has 2 aromatic rings. The lowest BCUT2D eigenvalue weighted by molar-refractivity contribution is 0.0185. The van der Waals surface area contributed by atoms with Crippen molar-refractivity contribution in [1.29, 1.82) is 0 Å². The lowest BCUT2D eigenvalue weighted by atomic mass is 9.97. The molecular formula is C30H39ClN8O2. The number of nitrogens with zero attached hydrogens (tertiary/aromatic N) is 4. The molecule has 2 saturated heterocycles. The van der Waals surface area contributed by atoms with E-state index >= 15 is 0 Å². The molecule has 1 aromatic carbocycles. The molecule has 1 unspecified atom stereocenters. The first-order valence-corrected chi connectivity index (χ1v) is 14.7. The first-order valence-electron chi connectivity index (χ1n) is 14.3. The maximum absolute atomic E-state index is 12.4. The van der Waals surface area contributed by atoms with Crippen molar-refractivity contribution in [2.45, 2.75) is 64.6 Å². The number of carbonyl (C=O) groups excluding carboxylic acids is 1. The Morgan fingerprint density at radius 1 is 1.15 bits per heavy atom. The summed E-state index contributed by atoms with van der Waals surface area (Å²) in [6.07, 6.45) is 9.57. The number of hydrogen-bond donors (Lipinski definition) is 4. The van der Waals surface area contributed by atoms with E-state index in [9.17, 15) is 4.79 Å². The molecule has 218 valence electrons.